The molecular weight excluding hydrogens is 298 g/mol. The topological polar surface area (TPSA) is 25.6 Å². The summed E-state index contributed by atoms with van der Waals surface area (Å²) >= 11 is 0. The van der Waals surface area contributed by atoms with Gasteiger partial charge in [0.05, 0.1) is 7.11 Å². The van der Waals surface area contributed by atoms with E-state index in [1.165, 1.54) is 5.69 Å². The van der Waals surface area contributed by atoms with Crippen LogP contribution in [0.25, 0.3) is 23.1 Å². The maximum atomic E-state index is 5.85. The summed E-state index contributed by atoms with van der Waals surface area (Å²) in [7, 11) is 1.66. The van der Waals surface area contributed by atoms with E-state index < -0.39 is 0 Å². The zero-order chi connectivity index (χ0) is 16.9. The number of ether oxygens (including phenoxy) is 1. The number of benzene rings is 2. The Kier molecular flexibility index (Phi) is 4.90. The summed E-state index contributed by atoms with van der Waals surface area (Å²) in [6.07, 6.45) is 4.07. The van der Waals surface area contributed by atoms with Gasteiger partial charge in [-0.05, 0) is 55.8 Å². The van der Waals surface area contributed by atoms with E-state index in [9.17, 15) is 0 Å². The van der Waals surface area contributed by atoms with Gasteiger partial charge in [-0.25, -0.2) is 0 Å². The maximum absolute atomic E-state index is 5.85. The molecule has 2 aromatic carbocycles. The molecule has 24 heavy (non-hydrogen) atoms. The van der Waals surface area contributed by atoms with Crippen LogP contribution in [0.2, 0.25) is 0 Å². The van der Waals surface area contributed by atoms with Crippen LogP contribution in [0.1, 0.15) is 25.2 Å². The highest BCUT2D eigenvalue weighted by molar-refractivity contribution is 5.83. The summed E-state index contributed by atoms with van der Waals surface area (Å²) in [5, 5.41) is 1.08. The van der Waals surface area contributed by atoms with Gasteiger partial charge in [-0.3, -0.25) is 0 Å². The molecule has 0 radical (unpaired) electrons. The Labute approximate surface area is 143 Å². The molecule has 0 aliphatic rings. The highest BCUT2D eigenvalue weighted by atomic mass is 16.5. The van der Waals surface area contributed by atoms with Crippen molar-refractivity contribution < 1.29 is 9.15 Å². The fourth-order valence-electron chi connectivity index (χ4n) is 2.80. The summed E-state index contributed by atoms with van der Waals surface area (Å²) in [5.41, 5.74) is 3.25. The highest BCUT2D eigenvalue weighted by Crippen LogP contribution is 2.25. The van der Waals surface area contributed by atoms with Crippen molar-refractivity contribution in [2.24, 2.45) is 0 Å². The lowest BCUT2D eigenvalue weighted by Gasteiger charge is -2.20. The summed E-state index contributed by atoms with van der Waals surface area (Å²) in [5.74, 6) is 1.64. The van der Waals surface area contributed by atoms with Gasteiger partial charge in [-0.2, -0.15) is 0 Å². The van der Waals surface area contributed by atoms with Gasteiger partial charge in [-0.1, -0.05) is 18.2 Å². The van der Waals surface area contributed by atoms with Crippen molar-refractivity contribution in [2.75, 3.05) is 25.1 Å². The van der Waals surface area contributed by atoms with Crippen LogP contribution in [0, 0.1) is 0 Å². The molecule has 0 atom stereocenters. The summed E-state index contributed by atoms with van der Waals surface area (Å²) < 4.78 is 11.1. The molecule has 0 saturated carbocycles. The maximum Gasteiger partial charge on any atom is 0.138 e. The fourth-order valence-corrected chi connectivity index (χ4v) is 2.80. The van der Waals surface area contributed by atoms with Gasteiger partial charge < -0.3 is 14.1 Å². The third kappa shape index (κ3) is 3.46. The molecule has 3 nitrogen and oxygen atoms in total. The first kappa shape index (κ1) is 16.2. The summed E-state index contributed by atoms with van der Waals surface area (Å²) in [4.78, 5) is 2.33. The standard InChI is InChI=1S/C21H23NO2/c1-4-22(5-2)18-10-6-16(7-11-18)8-12-20-14-17-9-13-19(23-3)15-21(17)24-20/h6-15H,4-5H2,1-3H3. The lowest BCUT2D eigenvalue weighted by atomic mass is 10.1. The average Bonchev–Trinajstić information content (AvgIpc) is 3.04. The lowest BCUT2D eigenvalue weighted by Crippen LogP contribution is -2.21. The molecular formula is C21H23NO2. The van der Waals surface area contributed by atoms with Crippen LogP contribution in [-0.4, -0.2) is 20.2 Å². The smallest absolute Gasteiger partial charge is 0.138 e. The van der Waals surface area contributed by atoms with Gasteiger partial charge >= 0.3 is 0 Å². The lowest BCUT2D eigenvalue weighted by molar-refractivity contribution is 0.414. The first-order valence-corrected chi connectivity index (χ1v) is 8.34. The normalized spacial score (nSPS) is 11.3. The third-order valence-electron chi connectivity index (χ3n) is 4.21. The van der Waals surface area contributed by atoms with E-state index in [2.05, 4.69) is 49.1 Å². The molecule has 3 heteroatoms. The average molecular weight is 321 g/mol. The number of hydrogen-bond acceptors (Lipinski definition) is 3. The van der Waals surface area contributed by atoms with Crippen molar-refractivity contribution in [1.82, 2.24) is 0 Å². The van der Waals surface area contributed by atoms with Crippen LogP contribution in [0.3, 0.4) is 0 Å². The minimum Gasteiger partial charge on any atom is -0.497 e. The van der Waals surface area contributed by atoms with E-state index in [4.69, 9.17) is 9.15 Å². The number of methoxy groups -OCH3 is 1. The largest absolute Gasteiger partial charge is 0.497 e. The van der Waals surface area contributed by atoms with Crippen LogP contribution in [0.4, 0.5) is 5.69 Å². The van der Waals surface area contributed by atoms with E-state index >= 15 is 0 Å². The number of anilines is 1. The van der Waals surface area contributed by atoms with E-state index in [1.807, 2.05) is 30.3 Å². The second-order valence-electron chi connectivity index (χ2n) is 5.65. The number of fused-ring (bicyclic) bond motifs is 1. The first-order valence-electron chi connectivity index (χ1n) is 8.34. The van der Waals surface area contributed by atoms with Crippen LogP contribution in [-0.2, 0) is 0 Å². The zero-order valence-corrected chi connectivity index (χ0v) is 14.5. The first-order chi connectivity index (χ1) is 11.7. The number of hydrogen-bond donors (Lipinski definition) is 0. The number of rotatable bonds is 6. The summed E-state index contributed by atoms with van der Waals surface area (Å²) in [6, 6.07) is 16.5. The SMILES string of the molecule is CCN(CC)c1ccc(C=Cc2cc3ccc(OC)cc3o2)cc1. The fraction of sp³-hybridized carbons (Fsp3) is 0.238. The molecule has 0 unspecified atom stereocenters. The molecule has 0 aliphatic heterocycles. The zero-order valence-electron chi connectivity index (χ0n) is 14.5. The van der Waals surface area contributed by atoms with Gasteiger partial charge in [0.25, 0.3) is 0 Å². The Morgan fingerprint density at radius 2 is 1.71 bits per heavy atom. The van der Waals surface area contributed by atoms with Crippen LogP contribution in [0.15, 0.2) is 52.9 Å². The quantitative estimate of drug-likeness (QED) is 0.603. The molecule has 0 fully saturated rings. The van der Waals surface area contributed by atoms with Crippen molar-refractivity contribution in [3.05, 3.63) is 59.9 Å². The predicted molar refractivity (Wildman–Crippen MR) is 102 cm³/mol. The molecule has 3 aromatic rings. The molecule has 1 aromatic heterocycles. The molecule has 0 aliphatic carbocycles. The highest BCUT2D eigenvalue weighted by Gasteiger charge is 2.03. The summed E-state index contributed by atoms with van der Waals surface area (Å²) in [6.45, 7) is 6.39. The molecule has 0 spiro atoms. The molecule has 0 saturated heterocycles. The molecule has 124 valence electrons. The van der Waals surface area contributed by atoms with Gasteiger partial charge in [-0.15, -0.1) is 0 Å². The molecule has 0 N–H and O–H groups in total. The van der Waals surface area contributed by atoms with Crippen molar-refractivity contribution in [1.29, 1.82) is 0 Å². The third-order valence-corrected chi connectivity index (χ3v) is 4.21. The molecule has 1 heterocycles. The molecule has 3 rings (SSSR count). The second kappa shape index (κ2) is 7.26. The van der Waals surface area contributed by atoms with Gasteiger partial charge in [0.15, 0.2) is 0 Å². The Morgan fingerprint density at radius 1 is 0.958 bits per heavy atom. The van der Waals surface area contributed by atoms with Crippen LogP contribution < -0.4 is 9.64 Å². The van der Waals surface area contributed by atoms with Crippen molar-refractivity contribution in [3.63, 3.8) is 0 Å². The van der Waals surface area contributed by atoms with Gasteiger partial charge in [0.1, 0.15) is 17.1 Å². The van der Waals surface area contributed by atoms with Crippen LogP contribution in [0.5, 0.6) is 5.75 Å². The van der Waals surface area contributed by atoms with Gasteiger partial charge in [0, 0.05) is 30.2 Å². The van der Waals surface area contributed by atoms with E-state index in [0.717, 1.165) is 41.1 Å². The molecule has 0 amide bonds. The minimum atomic E-state index is 0.805. The molecule has 0 bridgehead atoms. The van der Waals surface area contributed by atoms with Crippen LogP contribution >= 0.6 is 0 Å². The Balaban J connectivity index is 1.77. The second-order valence-corrected chi connectivity index (χ2v) is 5.65. The Bertz CT molecular complexity index is 827. The van der Waals surface area contributed by atoms with Gasteiger partial charge in [0.2, 0.25) is 0 Å². The van der Waals surface area contributed by atoms with Crippen molar-refractivity contribution >= 4 is 28.8 Å². The Morgan fingerprint density at radius 3 is 2.38 bits per heavy atom. The van der Waals surface area contributed by atoms with E-state index in [1.54, 1.807) is 7.11 Å². The predicted octanol–water partition coefficient (Wildman–Crippen LogP) is 5.46. The van der Waals surface area contributed by atoms with Crippen molar-refractivity contribution in [3.8, 4) is 5.75 Å². The number of nitrogens with zero attached hydrogens (tertiary/aromatic N) is 1. The number of furan rings is 1. The van der Waals surface area contributed by atoms with E-state index in [-0.39, 0.29) is 0 Å². The monoisotopic (exact) mass is 321 g/mol. The minimum absolute atomic E-state index is 0.805. The Hall–Kier alpha value is -2.68. The van der Waals surface area contributed by atoms with Crippen molar-refractivity contribution in [2.45, 2.75) is 13.8 Å². The van der Waals surface area contributed by atoms with E-state index in [0.29, 0.717) is 0 Å².